The molecule has 194 valence electrons. The van der Waals surface area contributed by atoms with Crippen LogP contribution < -0.4 is 21.7 Å². The second kappa shape index (κ2) is 13.3. The van der Waals surface area contributed by atoms with Crippen molar-refractivity contribution in [1.82, 2.24) is 16.0 Å². The molecular weight excluding hydrogens is 456 g/mol. The first-order valence-electron chi connectivity index (χ1n) is 10.7. The van der Waals surface area contributed by atoms with Crippen molar-refractivity contribution in [2.75, 3.05) is 6.61 Å². The molecule has 5 unspecified atom stereocenters. The quantitative estimate of drug-likeness (QED) is 0.141. The van der Waals surface area contributed by atoms with Crippen molar-refractivity contribution in [2.45, 2.75) is 89.4 Å². The van der Waals surface area contributed by atoms with Crippen molar-refractivity contribution >= 4 is 29.4 Å². The van der Waals surface area contributed by atoms with E-state index >= 15 is 0 Å². The number of amides is 4. The Bertz CT molecular complexity index is 764. The third-order valence-corrected chi connectivity index (χ3v) is 5.17. The number of aliphatic hydroxyl groups is 3. The number of ketones is 1. The molecule has 0 aromatic heterocycles. The van der Waals surface area contributed by atoms with Crippen LogP contribution in [0.1, 0.15) is 40.5 Å². The molecule has 0 radical (unpaired) electrons. The molecular formula is C20H34N4O10. The van der Waals surface area contributed by atoms with E-state index in [0.29, 0.717) is 0 Å². The zero-order valence-electron chi connectivity index (χ0n) is 19.5. The van der Waals surface area contributed by atoms with Crippen LogP contribution in [0.4, 0.5) is 0 Å². The monoisotopic (exact) mass is 490 g/mol. The highest BCUT2D eigenvalue weighted by Gasteiger charge is 2.47. The molecule has 4 amide bonds. The summed E-state index contributed by atoms with van der Waals surface area (Å²) in [6.45, 7) is 4.50. The third kappa shape index (κ3) is 8.61. The Morgan fingerprint density at radius 1 is 1.06 bits per heavy atom. The van der Waals surface area contributed by atoms with E-state index in [1.54, 1.807) is 0 Å². The number of ether oxygens (including phenoxy) is 2. The van der Waals surface area contributed by atoms with Crippen LogP contribution in [0, 0.1) is 0 Å². The third-order valence-electron chi connectivity index (χ3n) is 5.17. The normalized spacial score (nSPS) is 27.1. The van der Waals surface area contributed by atoms with Crippen molar-refractivity contribution in [3.05, 3.63) is 0 Å². The van der Waals surface area contributed by atoms with E-state index in [4.69, 9.17) is 15.2 Å². The van der Waals surface area contributed by atoms with E-state index in [0.717, 1.165) is 0 Å². The Balaban J connectivity index is 2.80. The molecule has 0 aliphatic carbocycles. The van der Waals surface area contributed by atoms with Crippen LogP contribution in [0.15, 0.2) is 0 Å². The van der Waals surface area contributed by atoms with Gasteiger partial charge in [-0.15, -0.1) is 0 Å². The molecule has 8 N–H and O–H groups in total. The van der Waals surface area contributed by atoms with Crippen molar-refractivity contribution in [2.24, 2.45) is 5.73 Å². The number of hydrogen-bond acceptors (Lipinski definition) is 10. The maximum atomic E-state index is 12.6. The van der Waals surface area contributed by atoms with Crippen molar-refractivity contribution in [1.29, 1.82) is 0 Å². The number of primary amides is 1. The lowest BCUT2D eigenvalue weighted by molar-refractivity contribution is -0.266. The molecule has 14 nitrogen and oxygen atoms in total. The van der Waals surface area contributed by atoms with Crippen LogP contribution in [0.25, 0.3) is 0 Å². The van der Waals surface area contributed by atoms with Crippen LogP contribution in [-0.4, -0.2) is 100 Å². The molecule has 0 aromatic carbocycles. The number of hydrogen-bond donors (Lipinski definition) is 7. The van der Waals surface area contributed by atoms with Crippen molar-refractivity contribution < 1.29 is 48.8 Å². The molecule has 0 saturated carbocycles. The number of Topliss-reactive ketones (excluding diaryl/α,β-unsaturated/α-hetero) is 1. The Hall–Kier alpha value is -2.65. The standard InChI is InChI=1S/C20H34N4O10/c1-8(26)5-6-12(17(21)29)24-18(30)9(2)22-19(31)10(3)33-16-14(23-11(4)27)20(32)34-13(7-25)15(16)28/h9-10,12-16,20,25,28,32H,5-7H2,1-4H3,(H2,21,29)(H,22,31)(H,23,27)(H,24,30)/t9-,10+,12+,13?,14?,15?,16?,20?/m0/s1. The van der Waals surface area contributed by atoms with E-state index in [2.05, 4.69) is 16.0 Å². The summed E-state index contributed by atoms with van der Waals surface area (Å²) >= 11 is 0. The first-order chi connectivity index (χ1) is 15.8. The maximum absolute atomic E-state index is 12.6. The second-order valence-corrected chi connectivity index (χ2v) is 8.14. The maximum Gasteiger partial charge on any atom is 0.249 e. The first-order valence-corrected chi connectivity index (χ1v) is 10.7. The fourth-order valence-electron chi connectivity index (χ4n) is 3.26. The number of rotatable bonds is 12. The van der Waals surface area contributed by atoms with Crippen molar-refractivity contribution in [3.8, 4) is 0 Å². The van der Waals surface area contributed by atoms with Gasteiger partial charge in [-0.2, -0.15) is 0 Å². The summed E-state index contributed by atoms with van der Waals surface area (Å²) in [6, 6.07) is -3.47. The van der Waals surface area contributed by atoms with Gasteiger partial charge in [-0.1, -0.05) is 0 Å². The lowest BCUT2D eigenvalue weighted by Gasteiger charge is -2.43. The van der Waals surface area contributed by atoms with Gasteiger partial charge in [0.25, 0.3) is 0 Å². The Morgan fingerprint density at radius 2 is 1.68 bits per heavy atom. The number of nitrogens with two attached hydrogens (primary N) is 1. The van der Waals surface area contributed by atoms with Crippen LogP contribution >= 0.6 is 0 Å². The minimum Gasteiger partial charge on any atom is -0.394 e. The van der Waals surface area contributed by atoms with E-state index in [1.165, 1.54) is 27.7 Å². The Morgan fingerprint density at radius 3 is 2.18 bits per heavy atom. The predicted molar refractivity (Wildman–Crippen MR) is 115 cm³/mol. The molecule has 0 bridgehead atoms. The van der Waals surface area contributed by atoms with E-state index < -0.39 is 79.1 Å². The van der Waals surface area contributed by atoms with Gasteiger partial charge in [-0.3, -0.25) is 19.2 Å². The Kier molecular flexibility index (Phi) is 11.5. The second-order valence-electron chi connectivity index (χ2n) is 8.14. The van der Waals surface area contributed by atoms with Gasteiger partial charge in [0.2, 0.25) is 23.6 Å². The van der Waals surface area contributed by atoms with Gasteiger partial charge >= 0.3 is 0 Å². The van der Waals surface area contributed by atoms with Gasteiger partial charge in [-0.05, 0) is 27.2 Å². The summed E-state index contributed by atoms with van der Waals surface area (Å²) in [4.78, 5) is 59.1. The number of carbonyl (C=O) groups excluding carboxylic acids is 5. The van der Waals surface area contributed by atoms with Gasteiger partial charge in [0.15, 0.2) is 6.29 Å². The largest absolute Gasteiger partial charge is 0.394 e. The number of aliphatic hydroxyl groups excluding tert-OH is 3. The van der Waals surface area contributed by atoms with Crippen LogP contribution in [0.3, 0.4) is 0 Å². The molecule has 8 atom stereocenters. The smallest absolute Gasteiger partial charge is 0.249 e. The first kappa shape index (κ1) is 29.4. The van der Waals surface area contributed by atoms with E-state index in [1.807, 2.05) is 0 Å². The molecule has 1 rings (SSSR count). The van der Waals surface area contributed by atoms with Gasteiger partial charge < -0.3 is 51.3 Å². The highest BCUT2D eigenvalue weighted by atomic mass is 16.6. The van der Waals surface area contributed by atoms with E-state index in [9.17, 15) is 39.3 Å². The fraction of sp³-hybridized carbons (Fsp3) is 0.750. The molecule has 1 fully saturated rings. The Labute approximate surface area is 196 Å². The minimum absolute atomic E-state index is 0.0110. The van der Waals surface area contributed by atoms with Gasteiger partial charge in [0, 0.05) is 13.3 Å². The van der Waals surface area contributed by atoms with Gasteiger partial charge in [0.1, 0.15) is 48.3 Å². The average molecular weight is 491 g/mol. The van der Waals surface area contributed by atoms with Crippen LogP contribution in [0.5, 0.6) is 0 Å². The van der Waals surface area contributed by atoms with Crippen molar-refractivity contribution in [3.63, 3.8) is 0 Å². The molecule has 1 saturated heterocycles. The predicted octanol–water partition coefficient (Wildman–Crippen LogP) is -3.82. The highest BCUT2D eigenvalue weighted by Crippen LogP contribution is 2.23. The molecule has 1 heterocycles. The molecule has 1 aliphatic rings. The number of carbonyl (C=O) groups is 5. The summed E-state index contributed by atoms with van der Waals surface area (Å²) in [5.74, 6) is -3.09. The minimum atomic E-state index is -1.63. The molecule has 1 aliphatic heterocycles. The summed E-state index contributed by atoms with van der Waals surface area (Å²) in [6.07, 6.45) is -6.93. The van der Waals surface area contributed by atoms with E-state index in [-0.39, 0.29) is 18.6 Å². The van der Waals surface area contributed by atoms with Gasteiger partial charge in [0.05, 0.1) is 6.61 Å². The summed E-state index contributed by atoms with van der Waals surface area (Å²) in [7, 11) is 0. The lowest BCUT2D eigenvalue weighted by atomic mass is 9.96. The molecule has 14 heteroatoms. The molecule has 0 spiro atoms. The fourth-order valence-corrected chi connectivity index (χ4v) is 3.26. The topological polar surface area (TPSA) is 227 Å². The highest BCUT2D eigenvalue weighted by molar-refractivity contribution is 5.92. The molecule has 34 heavy (non-hydrogen) atoms. The lowest BCUT2D eigenvalue weighted by Crippen LogP contribution is -2.65. The average Bonchev–Trinajstić information content (AvgIpc) is 2.74. The SMILES string of the molecule is CC(=O)CC[C@@H](NC(=O)[C@H](C)NC(=O)[C@@H](C)OC1C(O)C(CO)OC(O)C1NC(C)=O)C(N)=O. The zero-order valence-corrected chi connectivity index (χ0v) is 19.5. The van der Waals surface area contributed by atoms with Crippen LogP contribution in [0.2, 0.25) is 0 Å². The zero-order chi connectivity index (χ0) is 26.2. The number of nitrogens with one attached hydrogen (secondary N) is 3. The summed E-state index contributed by atoms with van der Waals surface area (Å²) in [5.41, 5.74) is 5.24. The molecule has 0 aromatic rings. The van der Waals surface area contributed by atoms with Gasteiger partial charge in [-0.25, -0.2) is 0 Å². The van der Waals surface area contributed by atoms with Crippen LogP contribution in [-0.2, 0) is 33.4 Å². The summed E-state index contributed by atoms with van der Waals surface area (Å²) < 4.78 is 10.6. The summed E-state index contributed by atoms with van der Waals surface area (Å²) in [5, 5.41) is 37.0.